The Balaban J connectivity index is 1.79. The van der Waals surface area contributed by atoms with Gasteiger partial charge < -0.3 is 0 Å². The average Bonchev–Trinajstić information content (AvgIpc) is 2.84. The van der Waals surface area contributed by atoms with Gasteiger partial charge in [0.15, 0.2) is 0 Å². The molecule has 84 valence electrons. The number of halogens is 1. The lowest BCUT2D eigenvalue weighted by Gasteiger charge is -2.11. The van der Waals surface area contributed by atoms with Crippen molar-refractivity contribution in [2.24, 2.45) is 5.92 Å². The van der Waals surface area contributed by atoms with Gasteiger partial charge in [-0.2, -0.15) is 0 Å². The molecule has 0 bridgehead atoms. The lowest BCUT2D eigenvalue weighted by Crippen LogP contribution is -1.96. The van der Waals surface area contributed by atoms with Gasteiger partial charge in [0.1, 0.15) is 0 Å². The summed E-state index contributed by atoms with van der Waals surface area (Å²) in [5.74, 6) is 0.965. The van der Waals surface area contributed by atoms with Gasteiger partial charge in [0.25, 0.3) is 0 Å². The Bertz CT molecular complexity index is 299. The van der Waals surface area contributed by atoms with Gasteiger partial charge in [0.2, 0.25) is 0 Å². The normalized spacial score (nSPS) is 19.6. The Morgan fingerprint density at radius 3 is 2.73 bits per heavy atom. The van der Waals surface area contributed by atoms with Crippen molar-refractivity contribution < 1.29 is 0 Å². The summed E-state index contributed by atoms with van der Waals surface area (Å²) in [6, 6.07) is 4.36. The van der Waals surface area contributed by atoms with E-state index in [0.29, 0.717) is 0 Å². The van der Waals surface area contributed by atoms with Crippen LogP contribution in [0.1, 0.15) is 53.7 Å². The molecule has 0 saturated heterocycles. The molecule has 1 aliphatic carbocycles. The minimum atomic E-state index is 0.254. The van der Waals surface area contributed by atoms with Crippen LogP contribution in [0.3, 0.4) is 0 Å². The zero-order valence-electron chi connectivity index (χ0n) is 9.34. The predicted octanol–water partition coefficient (Wildman–Crippen LogP) is 5.31. The molecule has 15 heavy (non-hydrogen) atoms. The fourth-order valence-electron chi connectivity index (χ4n) is 2.45. The second kappa shape index (κ2) is 5.36. The van der Waals surface area contributed by atoms with E-state index in [1.807, 2.05) is 11.3 Å². The van der Waals surface area contributed by atoms with E-state index < -0.39 is 0 Å². The molecule has 2 rings (SSSR count). The third kappa shape index (κ3) is 3.22. The summed E-state index contributed by atoms with van der Waals surface area (Å²) in [5, 5.41) is 0.254. The molecule has 1 aliphatic rings. The van der Waals surface area contributed by atoms with Crippen molar-refractivity contribution in [3.8, 4) is 0 Å². The molecule has 0 radical (unpaired) electrons. The number of aryl methyl sites for hydroxylation is 1. The Morgan fingerprint density at radius 1 is 1.40 bits per heavy atom. The van der Waals surface area contributed by atoms with Crippen molar-refractivity contribution in [1.29, 1.82) is 0 Å². The highest BCUT2D eigenvalue weighted by atomic mass is 35.5. The van der Waals surface area contributed by atoms with Crippen LogP contribution in [0.2, 0.25) is 0 Å². The number of thiophene rings is 1. The molecule has 0 aliphatic heterocycles. The maximum atomic E-state index is 6.41. The molecular formula is C13H19ClS. The van der Waals surface area contributed by atoms with Gasteiger partial charge in [-0.3, -0.25) is 0 Å². The van der Waals surface area contributed by atoms with Crippen LogP contribution in [0, 0.1) is 12.8 Å². The van der Waals surface area contributed by atoms with E-state index in [2.05, 4.69) is 19.1 Å². The maximum absolute atomic E-state index is 6.41. The molecule has 0 spiro atoms. The molecule has 1 unspecified atom stereocenters. The highest BCUT2D eigenvalue weighted by Gasteiger charge is 2.17. The number of hydrogen-bond donors (Lipinski definition) is 0. The van der Waals surface area contributed by atoms with E-state index in [-0.39, 0.29) is 5.38 Å². The van der Waals surface area contributed by atoms with Crippen LogP contribution in [-0.4, -0.2) is 0 Å². The number of alkyl halides is 1. The lowest BCUT2D eigenvalue weighted by atomic mass is 10.0. The molecule has 1 heterocycles. The Kier molecular flexibility index (Phi) is 4.10. The fraction of sp³-hybridized carbons (Fsp3) is 0.692. The Labute approximate surface area is 102 Å². The summed E-state index contributed by atoms with van der Waals surface area (Å²) >= 11 is 8.25. The van der Waals surface area contributed by atoms with Crippen LogP contribution < -0.4 is 0 Å². The summed E-state index contributed by atoms with van der Waals surface area (Å²) in [4.78, 5) is 2.73. The average molecular weight is 243 g/mol. The molecule has 1 saturated carbocycles. The number of rotatable bonds is 4. The zero-order valence-corrected chi connectivity index (χ0v) is 10.9. The van der Waals surface area contributed by atoms with Crippen LogP contribution in [-0.2, 0) is 0 Å². The van der Waals surface area contributed by atoms with Gasteiger partial charge in [0.05, 0.1) is 5.38 Å². The van der Waals surface area contributed by atoms with Crippen LogP contribution in [0.15, 0.2) is 12.1 Å². The van der Waals surface area contributed by atoms with E-state index in [4.69, 9.17) is 11.6 Å². The van der Waals surface area contributed by atoms with Crippen molar-refractivity contribution in [2.75, 3.05) is 0 Å². The molecule has 0 aromatic carbocycles. The quantitative estimate of drug-likeness (QED) is 0.628. The molecule has 1 atom stereocenters. The van der Waals surface area contributed by atoms with E-state index in [1.54, 1.807) is 0 Å². The summed E-state index contributed by atoms with van der Waals surface area (Å²) in [5.41, 5.74) is 0. The zero-order chi connectivity index (χ0) is 10.7. The summed E-state index contributed by atoms with van der Waals surface area (Å²) in [6.45, 7) is 2.15. The second-order valence-electron chi connectivity index (χ2n) is 4.64. The maximum Gasteiger partial charge on any atom is 0.0678 e. The predicted molar refractivity (Wildman–Crippen MR) is 68.8 cm³/mol. The van der Waals surface area contributed by atoms with Gasteiger partial charge in [-0.1, -0.05) is 25.7 Å². The van der Waals surface area contributed by atoms with Gasteiger partial charge in [-0.25, -0.2) is 0 Å². The van der Waals surface area contributed by atoms with Gasteiger partial charge in [-0.15, -0.1) is 22.9 Å². The molecule has 2 heteroatoms. The summed E-state index contributed by atoms with van der Waals surface area (Å²) < 4.78 is 0. The van der Waals surface area contributed by atoms with Crippen LogP contribution in [0.4, 0.5) is 0 Å². The molecule has 1 fully saturated rings. The van der Waals surface area contributed by atoms with E-state index >= 15 is 0 Å². The monoisotopic (exact) mass is 242 g/mol. The van der Waals surface area contributed by atoms with E-state index in [0.717, 1.165) is 12.3 Å². The fourth-order valence-corrected chi connectivity index (χ4v) is 3.67. The van der Waals surface area contributed by atoms with Crippen molar-refractivity contribution in [2.45, 2.75) is 50.8 Å². The molecular weight excluding hydrogens is 224 g/mol. The highest BCUT2D eigenvalue weighted by Crippen LogP contribution is 2.36. The first-order valence-corrected chi connectivity index (χ1v) is 7.21. The summed E-state index contributed by atoms with van der Waals surface area (Å²) in [7, 11) is 0. The second-order valence-corrected chi connectivity index (χ2v) is 6.49. The summed E-state index contributed by atoms with van der Waals surface area (Å²) in [6.07, 6.45) is 8.24. The highest BCUT2D eigenvalue weighted by molar-refractivity contribution is 7.12. The first-order valence-electron chi connectivity index (χ1n) is 5.96. The largest absolute Gasteiger partial charge is 0.144 e. The molecule has 1 aromatic heterocycles. The minimum absolute atomic E-state index is 0.254. The van der Waals surface area contributed by atoms with Crippen LogP contribution >= 0.6 is 22.9 Å². The van der Waals surface area contributed by atoms with Gasteiger partial charge >= 0.3 is 0 Å². The molecule has 0 amide bonds. The SMILES string of the molecule is Cc1ccc(C(Cl)CCC2CCCC2)s1. The molecule has 0 nitrogen and oxygen atoms in total. The third-order valence-corrected chi connectivity index (χ3v) is 5.07. The Morgan fingerprint density at radius 2 is 2.13 bits per heavy atom. The lowest BCUT2D eigenvalue weighted by molar-refractivity contribution is 0.481. The minimum Gasteiger partial charge on any atom is -0.144 e. The third-order valence-electron chi connectivity index (χ3n) is 3.37. The van der Waals surface area contributed by atoms with E-state index in [9.17, 15) is 0 Å². The van der Waals surface area contributed by atoms with Crippen molar-refractivity contribution in [3.05, 3.63) is 21.9 Å². The van der Waals surface area contributed by atoms with Gasteiger partial charge in [0, 0.05) is 9.75 Å². The Hall–Kier alpha value is -0.0100. The topological polar surface area (TPSA) is 0 Å². The number of hydrogen-bond acceptors (Lipinski definition) is 1. The smallest absolute Gasteiger partial charge is 0.0678 e. The molecule has 0 N–H and O–H groups in total. The van der Waals surface area contributed by atoms with Crippen molar-refractivity contribution >= 4 is 22.9 Å². The first-order chi connectivity index (χ1) is 7.25. The van der Waals surface area contributed by atoms with E-state index in [1.165, 1.54) is 41.9 Å². The van der Waals surface area contributed by atoms with Crippen LogP contribution in [0.5, 0.6) is 0 Å². The standard InChI is InChI=1S/C13H19ClS/c1-10-6-9-13(15-10)12(14)8-7-11-4-2-3-5-11/h6,9,11-12H,2-5,7-8H2,1H3. The van der Waals surface area contributed by atoms with Crippen molar-refractivity contribution in [1.82, 2.24) is 0 Å². The first kappa shape index (κ1) is 11.5. The molecule has 1 aromatic rings. The van der Waals surface area contributed by atoms with Crippen molar-refractivity contribution in [3.63, 3.8) is 0 Å². The van der Waals surface area contributed by atoms with Gasteiger partial charge in [-0.05, 0) is 37.8 Å². The van der Waals surface area contributed by atoms with Crippen LogP contribution in [0.25, 0.3) is 0 Å².